The lowest BCUT2D eigenvalue weighted by atomic mass is 10.0. The van der Waals surface area contributed by atoms with E-state index in [0.29, 0.717) is 35.8 Å². The predicted octanol–water partition coefficient (Wildman–Crippen LogP) is 3.84. The van der Waals surface area contributed by atoms with Crippen LogP contribution in [0.25, 0.3) is 17.4 Å². The molecule has 9 heteroatoms. The topological polar surface area (TPSA) is 101 Å². The first kappa shape index (κ1) is 22.0. The quantitative estimate of drug-likeness (QED) is 0.608. The number of anilines is 1. The van der Waals surface area contributed by atoms with E-state index >= 15 is 0 Å². The summed E-state index contributed by atoms with van der Waals surface area (Å²) in [5.41, 5.74) is 1.83. The third-order valence-electron chi connectivity index (χ3n) is 5.83. The van der Waals surface area contributed by atoms with Crippen LogP contribution in [-0.4, -0.2) is 56.9 Å². The molecule has 3 aromatic rings. The second kappa shape index (κ2) is 9.52. The fourth-order valence-electron chi connectivity index (χ4n) is 4.15. The highest BCUT2D eigenvalue weighted by Gasteiger charge is 2.19. The number of aryl methyl sites for hydroxylation is 3. The van der Waals surface area contributed by atoms with Crippen molar-refractivity contribution >= 4 is 11.8 Å². The SMILES string of the molecule is Cc1cc(C)n(-c2cc(NC(=O)NCCC3CCCCN3C)nc(-c3ccc(C)o3)n2)n1. The Morgan fingerprint density at radius 2 is 2.03 bits per heavy atom. The molecule has 1 aliphatic heterocycles. The number of rotatable bonds is 6. The standard InChI is InChI=1S/C23H31N7O2/c1-15-13-16(2)30(28-15)21-14-20(25-22(27-21)19-9-8-17(3)32-19)26-23(31)24-11-10-18-7-5-6-12-29(18)4/h8-9,13-14,18H,5-7,10-12H2,1-4H3,(H2,24,25,26,27,31). The normalized spacial score (nSPS) is 16.8. The molecule has 1 aliphatic rings. The van der Waals surface area contributed by atoms with E-state index in [1.807, 2.05) is 39.0 Å². The Morgan fingerprint density at radius 3 is 2.72 bits per heavy atom. The van der Waals surface area contributed by atoms with Crippen LogP contribution in [0.3, 0.4) is 0 Å². The van der Waals surface area contributed by atoms with Crippen molar-refractivity contribution in [3.8, 4) is 17.4 Å². The van der Waals surface area contributed by atoms with Crippen LogP contribution < -0.4 is 10.6 Å². The van der Waals surface area contributed by atoms with Crippen molar-refractivity contribution in [2.75, 3.05) is 25.5 Å². The summed E-state index contributed by atoms with van der Waals surface area (Å²) in [5, 5.41) is 10.3. The molecule has 1 unspecified atom stereocenters. The summed E-state index contributed by atoms with van der Waals surface area (Å²) in [6.07, 6.45) is 4.63. The van der Waals surface area contributed by atoms with Crippen LogP contribution in [0.1, 0.15) is 42.8 Å². The van der Waals surface area contributed by atoms with E-state index in [4.69, 9.17) is 4.42 Å². The number of piperidine rings is 1. The van der Waals surface area contributed by atoms with E-state index in [1.165, 1.54) is 19.3 Å². The molecule has 0 aliphatic carbocycles. The van der Waals surface area contributed by atoms with Crippen molar-refractivity contribution in [3.05, 3.63) is 41.4 Å². The number of urea groups is 1. The summed E-state index contributed by atoms with van der Waals surface area (Å²) in [7, 11) is 2.16. The lowest BCUT2D eigenvalue weighted by Crippen LogP contribution is -2.39. The number of likely N-dealkylation sites (tertiary alicyclic amines) is 1. The smallest absolute Gasteiger partial charge is 0.320 e. The molecule has 2 N–H and O–H groups in total. The second-order valence-electron chi connectivity index (χ2n) is 8.48. The molecular weight excluding hydrogens is 406 g/mol. The average molecular weight is 438 g/mol. The maximum atomic E-state index is 12.6. The van der Waals surface area contributed by atoms with Crippen molar-refractivity contribution in [1.82, 2.24) is 30.0 Å². The lowest BCUT2D eigenvalue weighted by Gasteiger charge is -2.32. The Morgan fingerprint density at radius 1 is 1.19 bits per heavy atom. The third-order valence-corrected chi connectivity index (χ3v) is 5.83. The highest BCUT2D eigenvalue weighted by atomic mass is 16.3. The van der Waals surface area contributed by atoms with Gasteiger partial charge in [-0.05, 0) is 71.8 Å². The molecule has 0 bridgehead atoms. The molecule has 1 fully saturated rings. The van der Waals surface area contributed by atoms with Gasteiger partial charge in [0.15, 0.2) is 17.4 Å². The van der Waals surface area contributed by atoms with E-state index in [-0.39, 0.29) is 6.03 Å². The molecule has 1 atom stereocenters. The number of hydrogen-bond donors (Lipinski definition) is 2. The van der Waals surface area contributed by atoms with E-state index in [2.05, 4.69) is 37.6 Å². The number of carbonyl (C=O) groups excluding carboxylic acids is 1. The first-order chi connectivity index (χ1) is 15.4. The van der Waals surface area contributed by atoms with Gasteiger partial charge in [0, 0.05) is 24.3 Å². The zero-order chi connectivity index (χ0) is 22.7. The van der Waals surface area contributed by atoms with Gasteiger partial charge in [0.05, 0.1) is 5.69 Å². The fraction of sp³-hybridized carbons (Fsp3) is 0.478. The summed E-state index contributed by atoms with van der Waals surface area (Å²) in [5.74, 6) is 2.64. The van der Waals surface area contributed by atoms with Gasteiger partial charge >= 0.3 is 6.03 Å². The first-order valence-corrected chi connectivity index (χ1v) is 11.1. The van der Waals surface area contributed by atoms with Gasteiger partial charge in [0.1, 0.15) is 11.6 Å². The predicted molar refractivity (Wildman–Crippen MR) is 123 cm³/mol. The highest BCUT2D eigenvalue weighted by molar-refractivity contribution is 5.88. The van der Waals surface area contributed by atoms with Crippen LogP contribution in [0.15, 0.2) is 28.7 Å². The molecule has 4 heterocycles. The van der Waals surface area contributed by atoms with Gasteiger partial charge in [-0.15, -0.1) is 0 Å². The molecule has 4 rings (SSSR count). The Labute approximate surface area is 188 Å². The Kier molecular flexibility index (Phi) is 6.55. The maximum absolute atomic E-state index is 12.6. The highest BCUT2D eigenvalue weighted by Crippen LogP contribution is 2.23. The summed E-state index contributed by atoms with van der Waals surface area (Å²) in [6, 6.07) is 7.60. The van der Waals surface area contributed by atoms with Crippen LogP contribution in [0, 0.1) is 20.8 Å². The number of nitrogens with zero attached hydrogens (tertiary/aromatic N) is 5. The number of amides is 2. The molecule has 170 valence electrons. The number of aromatic nitrogens is 4. The molecule has 32 heavy (non-hydrogen) atoms. The molecular formula is C23H31N7O2. The van der Waals surface area contributed by atoms with Crippen LogP contribution >= 0.6 is 0 Å². The van der Waals surface area contributed by atoms with Crippen LogP contribution in [0.5, 0.6) is 0 Å². The molecule has 3 aromatic heterocycles. The largest absolute Gasteiger partial charge is 0.458 e. The van der Waals surface area contributed by atoms with Gasteiger partial charge in [-0.3, -0.25) is 5.32 Å². The van der Waals surface area contributed by atoms with Crippen LogP contribution in [0.2, 0.25) is 0 Å². The molecule has 0 saturated carbocycles. The molecule has 9 nitrogen and oxygen atoms in total. The van der Waals surface area contributed by atoms with Gasteiger partial charge in [-0.2, -0.15) is 5.10 Å². The van der Waals surface area contributed by atoms with Gasteiger partial charge in [0.2, 0.25) is 0 Å². The minimum atomic E-state index is -0.289. The number of nitrogens with one attached hydrogen (secondary N) is 2. The Bertz CT molecular complexity index is 1090. The monoisotopic (exact) mass is 437 g/mol. The van der Waals surface area contributed by atoms with E-state index < -0.39 is 0 Å². The summed E-state index contributed by atoms with van der Waals surface area (Å²) in [6.45, 7) is 7.49. The summed E-state index contributed by atoms with van der Waals surface area (Å²) < 4.78 is 7.44. The summed E-state index contributed by atoms with van der Waals surface area (Å²) >= 11 is 0. The number of furan rings is 1. The number of hydrogen-bond acceptors (Lipinski definition) is 6. The van der Waals surface area contributed by atoms with E-state index in [0.717, 1.165) is 30.1 Å². The lowest BCUT2D eigenvalue weighted by molar-refractivity contribution is 0.176. The van der Waals surface area contributed by atoms with Crippen molar-refractivity contribution < 1.29 is 9.21 Å². The van der Waals surface area contributed by atoms with Crippen molar-refractivity contribution in [3.63, 3.8) is 0 Å². The van der Waals surface area contributed by atoms with Gasteiger partial charge in [-0.25, -0.2) is 19.4 Å². The minimum absolute atomic E-state index is 0.289. The molecule has 2 amide bonds. The molecule has 0 radical (unpaired) electrons. The molecule has 0 aromatic carbocycles. The van der Waals surface area contributed by atoms with Gasteiger partial charge in [-0.1, -0.05) is 6.42 Å². The van der Waals surface area contributed by atoms with E-state index in [1.54, 1.807) is 10.7 Å². The van der Waals surface area contributed by atoms with E-state index in [9.17, 15) is 4.79 Å². The number of carbonyl (C=O) groups is 1. The van der Waals surface area contributed by atoms with Crippen LogP contribution in [-0.2, 0) is 0 Å². The van der Waals surface area contributed by atoms with Crippen LogP contribution in [0.4, 0.5) is 10.6 Å². The van der Waals surface area contributed by atoms with Crippen molar-refractivity contribution in [1.29, 1.82) is 0 Å². The maximum Gasteiger partial charge on any atom is 0.320 e. The Hall–Kier alpha value is -3.20. The Balaban J connectivity index is 1.50. The second-order valence-corrected chi connectivity index (χ2v) is 8.48. The summed E-state index contributed by atoms with van der Waals surface area (Å²) in [4.78, 5) is 24.1. The fourth-order valence-corrected chi connectivity index (χ4v) is 4.15. The first-order valence-electron chi connectivity index (χ1n) is 11.1. The molecule has 1 saturated heterocycles. The molecule has 0 spiro atoms. The zero-order valence-corrected chi connectivity index (χ0v) is 19.2. The average Bonchev–Trinajstić information content (AvgIpc) is 3.34. The van der Waals surface area contributed by atoms with Gasteiger partial charge in [0.25, 0.3) is 0 Å². The van der Waals surface area contributed by atoms with Gasteiger partial charge < -0.3 is 14.6 Å². The van der Waals surface area contributed by atoms with Crippen molar-refractivity contribution in [2.24, 2.45) is 0 Å². The van der Waals surface area contributed by atoms with Crippen molar-refractivity contribution in [2.45, 2.75) is 52.5 Å². The third kappa shape index (κ3) is 5.16. The minimum Gasteiger partial charge on any atom is -0.458 e. The zero-order valence-electron chi connectivity index (χ0n) is 19.2.